The molecule has 0 atom stereocenters. The van der Waals surface area contributed by atoms with Crippen LogP contribution in [0, 0.1) is 0 Å². The van der Waals surface area contributed by atoms with E-state index >= 15 is 0 Å². The number of likely N-dealkylation sites (N-methyl/N-ethyl adjacent to an activating group) is 1. The molecule has 22 heavy (non-hydrogen) atoms. The first-order valence-corrected chi connectivity index (χ1v) is 7.37. The molecule has 1 N–H and O–H groups in total. The van der Waals surface area contributed by atoms with Gasteiger partial charge in [-0.1, -0.05) is 25.4 Å². The topological polar surface area (TPSA) is 33.7 Å². The summed E-state index contributed by atoms with van der Waals surface area (Å²) >= 11 is 6.18. The zero-order valence-corrected chi connectivity index (χ0v) is 16.0. The summed E-state index contributed by atoms with van der Waals surface area (Å²) in [4.78, 5) is 2.38. The van der Waals surface area contributed by atoms with E-state index in [1.807, 2.05) is 12.1 Å². The van der Waals surface area contributed by atoms with E-state index in [1.165, 1.54) is 0 Å². The highest BCUT2D eigenvalue weighted by molar-refractivity contribution is 6.32. The second-order valence-corrected chi connectivity index (χ2v) is 4.92. The molecule has 0 amide bonds. The van der Waals surface area contributed by atoms with Crippen molar-refractivity contribution in [3.8, 4) is 11.5 Å². The Bertz CT molecular complexity index is 416. The fraction of sp³-hybridized carbons (Fsp3) is 0.600. The van der Waals surface area contributed by atoms with E-state index in [4.69, 9.17) is 21.1 Å². The predicted octanol–water partition coefficient (Wildman–Crippen LogP) is 3.63. The molecule has 1 aromatic carbocycles. The number of hydrogen-bond acceptors (Lipinski definition) is 4. The minimum Gasteiger partial charge on any atom is -0.493 e. The number of methoxy groups -OCH3 is 2. The molecule has 0 unspecified atom stereocenters. The highest BCUT2D eigenvalue weighted by atomic mass is 35.5. The number of nitrogens with one attached hydrogen (secondary N) is 1. The Morgan fingerprint density at radius 2 is 1.73 bits per heavy atom. The third-order valence-corrected chi connectivity index (χ3v) is 3.60. The maximum atomic E-state index is 6.18. The number of nitrogens with zero attached hydrogens (tertiary/aromatic N) is 1. The quantitative estimate of drug-likeness (QED) is 0.670. The van der Waals surface area contributed by atoms with Gasteiger partial charge >= 0.3 is 0 Å². The predicted molar refractivity (Wildman–Crippen MR) is 98.5 cm³/mol. The van der Waals surface area contributed by atoms with Crippen LogP contribution in [0.4, 0.5) is 0 Å². The molecule has 1 aromatic rings. The van der Waals surface area contributed by atoms with Crippen LogP contribution in [0.15, 0.2) is 12.1 Å². The Balaban J connectivity index is 0. The van der Waals surface area contributed by atoms with Gasteiger partial charge in [0, 0.05) is 19.6 Å². The monoisotopic (exact) mass is 372 g/mol. The van der Waals surface area contributed by atoms with Crippen molar-refractivity contribution in [3.63, 3.8) is 0 Å². The van der Waals surface area contributed by atoms with Crippen LogP contribution in [0.25, 0.3) is 0 Å². The SMILES string of the molecule is CCN(CC)CCNCc1cc(Cl)c(OC)c(OC)c1.Cl.Cl. The maximum Gasteiger partial charge on any atom is 0.179 e. The zero-order chi connectivity index (χ0) is 15.0. The van der Waals surface area contributed by atoms with Crippen molar-refractivity contribution in [2.45, 2.75) is 20.4 Å². The molecular formula is C15H27Cl3N2O2. The molecule has 130 valence electrons. The second-order valence-electron chi connectivity index (χ2n) is 4.52. The van der Waals surface area contributed by atoms with Gasteiger partial charge in [-0.05, 0) is 30.8 Å². The van der Waals surface area contributed by atoms with Gasteiger partial charge in [0.2, 0.25) is 0 Å². The van der Waals surface area contributed by atoms with Crippen LogP contribution in [0.2, 0.25) is 5.02 Å². The van der Waals surface area contributed by atoms with E-state index in [1.54, 1.807) is 14.2 Å². The van der Waals surface area contributed by atoms with Crippen molar-refractivity contribution >= 4 is 36.4 Å². The highest BCUT2D eigenvalue weighted by Gasteiger charge is 2.10. The third-order valence-electron chi connectivity index (χ3n) is 3.32. The molecule has 0 fully saturated rings. The Labute approximate surface area is 151 Å². The first-order valence-electron chi connectivity index (χ1n) is 6.99. The molecule has 0 saturated carbocycles. The summed E-state index contributed by atoms with van der Waals surface area (Å²) in [7, 11) is 3.21. The summed E-state index contributed by atoms with van der Waals surface area (Å²) in [5.41, 5.74) is 1.09. The molecule has 0 bridgehead atoms. The molecule has 7 heteroatoms. The lowest BCUT2D eigenvalue weighted by Crippen LogP contribution is -2.31. The van der Waals surface area contributed by atoms with Crippen LogP contribution in [0.1, 0.15) is 19.4 Å². The number of hydrogen-bond donors (Lipinski definition) is 1. The van der Waals surface area contributed by atoms with Gasteiger partial charge < -0.3 is 19.7 Å². The average molecular weight is 374 g/mol. The molecule has 1 rings (SSSR count). The van der Waals surface area contributed by atoms with E-state index in [-0.39, 0.29) is 24.8 Å². The van der Waals surface area contributed by atoms with Gasteiger partial charge in [0.25, 0.3) is 0 Å². The summed E-state index contributed by atoms with van der Waals surface area (Å²) in [5.74, 6) is 1.25. The molecule has 0 aliphatic rings. The lowest BCUT2D eigenvalue weighted by Gasteiger charge is -2.18. The van der Waals surface area contributed by atoms with Crippen LogP contribution in [-0.4, -0.2) is 45.3 Å². The fourth-order valence-electron chi connectivity index (χ4n) is 2.08. The number of ether oxygens (including phenoxy) is 2. The van der Waals surface area contributed by atoms with Crippen molar-refractivity contribution in [2.75, 3.05) is 40.4 Å². The van der Waals surface area contributed by atoms with E-state index in [0.717, 1.165) is 38.3 Å². The second kappa shape index (κ2) is 13.1. The van der Waals surface area contributed by atoms with Gasteiger partial charge in [-0.3, -0.25) is 0 Å². The molecule has 0 saturated heterocycles. The van der Waals surface area contributed by atoms with Gasteiger partial charge in [-0.25, -0.2) is 0 Å². The number of halogens is 3. The fourth-order valence-corrected chi connectivity index (χ4v) is 2.39. The van der Waals surface area contributed by atoms with Crippen molar-refractivity contribution in [1.29, 1.82) is 0 Å². The van der Waals surface area contributed by atoms with E-state index in [2.05, 4.69) is 24.1 Å². The van der Waals surface area contributed by atoms with Gasteiger partial charge in [0.1, 0.15) is 0 Å². The largest absolute Gasteiger partial charge is 0.493 e. The Hall–Kier alpha value is -0.390. The van der Waals surface area contributed by atoms with Crippen LogP contribution in [0.3, 0.4) is 0 Å². The smallest absolute Gasteiger partial charge is 0.179 e. The molecule has 0 aliphatic heterocycles. The Morgan fingerprint density at radius 3 is 2.23 bits per heavy atom. The minimum absolute atomic E-state index is 0. The molecule has 4 nitrogen and oxygen atoms in total. The molecule has 0 radical (unpaired) electrons. The van der Waals surface area contributed by atoms with Gasteiger partial charge in [-0.15, -0.1) is 24.8 Å². The van der Waals surface area contributed by atoms with Gasteiger partial charge in [0.05, 0.1) is 19.2 Å². The van der Waals surface area contributed by atoms with Crippen molar-refractivity contribution in [3.05, 3.63) is 22.7 Å². The zero-order valence-electron chi connectivity index (χ0n) is 13.6. The van der Waals surface area contributed by atoms with Gasteiger partial charge in [0.15, 0.2) is 11.5 Å². The third kappa shape index (κ3) is 7.25. The Morgan fingerprint density at radius 1 is 1.09 bits per heavy atom. The molecular weight excluding hydrogens is 347 g/mol. The number of rotatable bonds is 9. The first-order chi connectivity index (χ1) is 9.65. The van der Waals surface area contributed by atoms with E-state index < -0.39 is 0 Å². The summed E-state index contributed by atoms with van der Waals surface area (Å²) in [6.07, 6.45) is 0. The first kappa shape index (κ1) is 23.9. The van der Waals surface area contributed by atoms with Crippen molar-refractivity contribution in [2.24, 2.45) is 0 Å². The summed E-state index contributed by atoms with van der Waals surface area (Å²) in [6, 6.07) is 3.86. The van der Waals surface area contributed by atoms with Crippen LogP contribution >= 0.6 is 36.4 Å². The van der Waals surface area contributed by atoms with E-state index in [0.29, 0.717) is 16.5 Å². The number of benzene rings is 1. The van der Waals surface area contributed by atoms with Gasteiger partial charge in [-0.2, -0.15) is 0 Å². The van der Waals surface area contributed by atoms with E-state index in [9.17, 15) is 0 Å². The van der Waals surface area contributed by atoms with Crippen LogP contribution in [-0.2, 0) is 6.54 Å². The highest BCUT2D eigenvalue weighted by Crippen LogP contribution is 2.35. The summed E-state index contributed by atoms with van der Waals surface area (Å²) in [6.45, 7) is 9.29. The normalized spacial score (nSPS) is 9.91. The van der Waals surface area contributed by atoms with Crippen LogP contribution < -0.4 is 14.8 Å². The lowest BCUT2D eigenvalue weighted by atomic mass is 10.2. The van der Waals surface area contributed by atoms with Crippen molar-refractivity contribution < 1.29 is 9.47 Å². The Kier molecular flexibility index (Phi) is 14.2. The molecule has 0 aromatic heterocycles. The standard InChI is InChI=1S/C15H25ClN2O2.2ClH/c1-5-18(6-2)8-7-17-11-12-9-13(16)15(20-4)14(10-12)19-3;;/h9-10,17H,5-8,11H2,1-4H3;2*1H. The maximum absolute atomic E-state index is 6.18. The molecule has 0 heterocycles. The average Bonchev–Trinajstić information content (AvgIpc) is 2.46. The van der Waals surface area contributed by atoms with Crippen molar-refractivity contribution in [1.82, 2.24) is 10.2 Å². The summed E-state index contributed by atoms with van der Waals surface area (Å²) in [5, 5.41) is 4.00. The lowest BCUT2D eigenvalue weighted by molar-refractivity contribution is 0.302. The minimum atomic E-state index is 0. The molecule has 0 aliphatic carbocycles. The molecule has 0 spiro atoms. The van der Waals surface area contributed by atoms with Crippen LogP contribution in [0.5, 0.6) is 11.5 Å². The summed E-state index contributed by atoms with van der Waals surface area (Å²) < 4.78 is 10.5.